The minimum Gasteiger partial charge on any atom is -0.444 e. The first kappa shape index (κ1) is 15.5. The van der Waals surface area contributed by atoms with Gasteiger partial charge in [-0.05, 0) is 34.6 Å². The van der Waals surface area contributed by atoms with Crippen molar-refractivity contribution in [3.63, 3.8) is 0 Å². The van der Waals surface area contributed by atoms with Gasteiger partial charge in [-0.1, -0.05) is 0 Å². The van der Waals surface area contributed by atoms with Crippen LogP contribution in [0.15, 0.2) is 6.33 Å². The minimum atomic E-state index is -0.465. The molecule has 1 atom stereocenters. The van der Waals surface area contributed by atoms with Crippen LogP contribution in [0.5, 0.6) is 0 Å². The van der Waals surface area contributed by atoms with Gasteiger partial charge in [-0.2, -0.15) is 0 Å². The lowest BCUT2D eigenvalue weighted by molar-refractivity contribution is 0.0523. The van der Waals surface area contributed by atoms with Crippen LogP contribution in [-0.4, -0.2) is 34.2 Å². The third-order valence-electron chi connectivity index (χ3n) is 2.50. The lowest BCUT2D eigenvalue weighted by atomic mass is 10.2. The number of nitrogens with zero attached hydrogens (tertiary/aromatic N) is 1. The van der Waals surface area contributed by atoms with Gasteiger partial charge in [0.25, 0.3) is 0 Å². The van der Waals surface area contributed by atoms with Crippen LogP contribution in [0.25, 0.3) is 0 Å². The number of carbonyl (C=O) groups is 1. The molecule has 1 aromatic heterocycles. The number of nitrogens with one attached hydrogen (secondary N) is 3. The summed E-state index contributed by atoms with van der Waals surface area (Å²) in [5.41, 5.74) is 1.58. The number of rotatable bonds is 5. The van der Waals surface area contributed by atoms with Crippen molar-refractivity contribution in [3.05, 3.63) is 17.7 Å². The summed E-state index contributed by atoms with van der Waals surface area (Å²) < 4.78 is 5.16. The molecule has 1 heterocycles. The average Bonchev–Trinajstić information content (AvgIpc) is 2.67. The first-order valence-corrected chi connectivity index (χ1v) is 6.47. The van der Waals surface area contributed by atoms with E-state index in [1.54, 1.807) is 6.33 Å². The van der Waals surface area contributed by atoms with Crippen molar-refractivity contribution in [2.45, 2.75) is 52.8 Å². The highest BCUT2D eigenvalue weighted by atomic mass is 16.6. The summed E-state index contributed by atoms with van der Waals surface area (Å²) in [5, 5.41) is 6.02. The van der Waals surface area contributed by atoms with Crippen molar-refractivity contribution in [3.8, 4) is 0 Å². The van der Waals surface area contributed by atoms with Gasteiger partial charge >= 0.3 is 6.09 Å². The van der Waals surface area contributed by atoms with Crippen LogP contribution in [-0.2, 0) is 11.3 Å². The monoisotopic (exact) mass is 268 g/mol. The largest absolute Gasteiger partial charge is 0.444 e. The molecule has 108 valence electrons. The standard InChI is InChI=1S/C13H24N4O2/c1-9(6-15-12(18)19-13(3,4)5)14-7-11-10(2)16-8-17-11/h8-9,14H,6-7H2,1-5H3,(H,15,18)(H,16,17). The smallest absolute Gasteiger partial charge is 0.407 e. The highest BCUT2D eigenvalue weighted by molar-refractivity contribution is 5.67. The number of amides is 1. The predicted octanol–water partition coefficient (Wildman–Crippen LogP) is 1.72. The normalized spacial score (nSPS) is 13.1. The van der Waals surface area contributed by atoms with Gasteiger partial charge in [0.1, 0.15) is 5.60 Å². The van der Waals surface area contributed by atoms with Crippen molar-refractivity contribution in [1.29, 1.82) is 0 Å². The van der Waals surface area contributed by atoms with E-state index in [1.807, 2.05) is 34.6 Å². The van der Waals surface area contributed by atoms with Crippen molar-refractivity contribution in [1.82, 2.24) is 20.6 Å². The van der Waals surface area contributed by atoms with E-state index in [2.05, 4.69) is 20.6 Å². The molecule has 0 aromatic carbocycles. The van der Waals surface area contributed by atoms with Crippen LogP contribution in [0.3, 0.4) is 0 Å². The molecule has 0 radical (unpaired) electrons. The van der Waals surface area contributed by atoms with E-state index in [0.717, 1.165) is 11.4 Å². The van der Waals surface area contributed by atoms with Gasteiger partial charge in [0.05, 0.1) is 12.0 Å². The summed E-state index contributed by atoms with van der Waals surface area (Å²) in [5.74, 6) is 0. The fourth-order valence-corrected chi connectivity index (χ4v) is 1.46. The molecule has 0 fully saturated rings. The zero-order chi connectivity index (χ0) is 14.5. The maximum absolute atomic E-state index is 11.5. The molecule has 1 unspecified atom stereocenters. The van der Waals surface area contributed by atoms with Crippen LogP contribution in [0, 0.1) is 6.92 Å². The molecule has 6 heteroatoms. The summed E-state index contributed by atoms with van der Waals surface area (Å²) >= 11 is 0. The molecule has 3 N–H and O–H groups in total. The van der Waals surface area contributed by atoms with Crippen molar-refractivity contribution < 1.29 is 9.53 Å². The molecule has 1 amide bonds. The lowest BCUT2D eigenvalue weighted by Gasteiger charge is -2.21. The Balaban J connectivity index is 2.23. The number of imidazole rings is 1. The first-order chi connectivity index (χ1) is 8.78. The fourth-order valence-electron chi connectivity index (χ4n) is 1.46. The number of carbonyl (C=O) groups excluding carboxylic acids is 1. The Morgan fingerprint density at radius 2 is 2.21 bits per heavy atom. The summed E-state index contributed by atoms with van der Waals surface area (Å²) in [7, 11) is 0. The quantitative estimate of drug-likeness (QED) is 0.759. The second-order valence-electron chi connectivity index (χ2n) is 5.64. The Morgan fingerprint density at radius 1 is 1.53 bits per heavy atom. The molecule has 1 rings (SSSR count). The average molecular weight is 268 g/mol. The van der Waals surface area contributed by atoms with Gasteiger partial charge in [-0.25, -0.2) is 9.78 Å². The topological polar surface area (TPSA) is 79.0 Å². The third-order valence-corrected chi connectivity index (χ3v) is 2.50. The van der Waals surface area contributed by atoms with Crippen LogP contribution in [0.2, 0.25) is 0 Å². The van der Waals surface area contributed by atoms with E-state index in [0.29, 0.717) is 13.1 Å². The third kappa shape index (κ3) is 6.24. The molecule has 0 aliphatic heterocycles. The molecule has 0 aliphatic carbocycles. The number of aromatic amines is 1. The number of H-pyrrole nitrogens is 1. The molecular weight excluding hydrogens is 244 g/mol. The van der Waals surface area contributed by atoms with E-state index in [9.17, 15) is 4.79 Å². The van der Waals surface area contributed by atoms with Gasteiger partial charge in [0.15, 0.2) is 0 Å². The van der Waals surface area contributed by atoms with Crippen LogP contribution in [0.4, 0.5) is 4.79 Å². The first-order valence-electron chi connectivity index (χ1n) is 6.47. The van der Waals surface area contributed by atoms with E-state index < -0.39 is 11.7 Å². The molecule has 19 heavy (non-hydrogen) atoms. The maximum Gasteiger partial charge on any atom is 0.407 e. The van der Waals surface area contributed by atoms with Crippen molar-refractivity contribution >= 4 is 6.09 Å². The number of hydrogen-bond donors (Lipinski definition) is 3. The lowest BCUT2D eigenvalue weighted by Crippen LogP contribution is -2.41. The number of hydrogen-bond acceptors (Lipinski definition) is 4. The van der Waals surface area contributed by atoms with E-state index in [1.165, 1.54) is 0 Å². The van der Waals surface area contributed by atoms with Gasteiger partial charge in [0, 0.05) is 24.8 Å². The molecule has 0 saturated carbocycles. The SMILES string of the molecule is Cc1[nH]cnc1CNC(C)CNC(=O)OC(C)(C)C. The number of aryl methyl sites for hydroxylation is 1. The van der Waals surface area contributed by atoms with Gasteiger partial charge < -0.3 is 20.4 Å². The summed E-state index contributed by atoms with van der Waals surface area (Å²) in [6, 6.07) is 0.142. The van der Waals surface area contributed by atoms with E-state index in [4.69, 9.17) is 4.74 Å². The van der Waals surface area contributed by atoms with Crippen LogP contribution >= 0.6 is 0 Å². The maximum atomic E-state index is 11.5. The molecule has 0 bridgehead atoms. The second-order valence-corrected chi connectivity index (χ2v) is 5.64. The number of ether oxygens (including phenoxy) is 1. The van der Waals surface area contributed by atoms with Gasteiger partial charge in [-0.15, -0.1) is 0 Å². The van der Waals surface area contributed by atoms with Gasteiger partial charge in [0.2, 0.25) is 0 Å². The Bertz CT molecular complexity index is 409. The molecular formula is C13H24N4O2. The molecule has 6 nitrogen and oxygen atoms in total. The van der Waals surface area contributed by atoms with E-state index >= 15 is 0 Å². The number of alkyl carbamates (subject to hydrolysis) is 1. The van der Waals surface area contributed by atoms with E-state index in [-0.39, 0.29) is 6.04 Å². The van der Waals surface area contributed by atoms with Crippen molar-refractivity contribution in [2.24, 2.45) is 0 Å². The summed E-state index contributed by atoms with van der Waals surface area (Å²) in [6.07, 6.45) is 1.28. The predicted molar refractivity (Wildman–Crippen MR) is 73.9 cm³/mol. The molecule has 1 aromatic rings. The number of aromatic nitrogens is 2. The van der Waals surface area contributed by atoms with Crippen molar-refractivity contribution in [2.75, 3.05) is 6.54 Å². The van der Waals surface area contributed by atoms with Gasteiger partial charge in [-0.3, -0.25) is 0 Å². The Labute approximate surface area is 114 Å². The Morgan fingerprint density at radius 3 is 2.74 bits per heavy atom. The second kappa shape index (κ2) is 6.56. The molecule has 0 saturated heterocycles. The highest BCUT2D eigenvalue weighted by Crippen LogP contribution is 2.06. The molecule has 0 spiro atoms. The fraction of sp³-hybridized carbons (Fsp3) is 0.692. The highest BCUT2D eigenvalue weighted by Gasteiger charge is 2.16. The Hall–Kier alpha value is -1.56. The zero-order valence-electron chi connectivity index (χ0n) is 12.3. The Kier molecular flexibility index (Phi) is 5.35. The molecule has 0 aliphatic rings. The summed E-state index contributed by atoms with van der Waals surface area (Å²) in [4.78, 5) is 18.7. The summed E-state index contributed by atoms with van der Waals surface area (Å²) in [6.45, 7) is 10.7. The van der Waals surface area contributed by atoms with Crippen LogP contribution < -0.4 is 10.6 Å². The zero-order valence-corrected chi connectivity index (χ0v) is 12.3. The van der Waals surface area contributed by atoms with Crippen LogP contribution in [0.1, 0.15) is 39.1 Å². The minimum absolute atomic E-state index is 0.142.